The van der Waals surface area contributed by atoms with E-state index in [4.69, 9.17) is 9.47 Å². The Kier molecular flexibility index (Phi) is 5.33. The van der Waals surface area contributed by atoms with Gasteiger partial charge >= 0.3 is 0 Å². The van der Waals surface area contributed by atoms with Gasteiger partial charge in [-0.05, 0) is 24.5 Å². The zero-order chi connectivity index (χ0) is 12.0. The van der Waals surface area contributed by atoms with E-state index in [1.165, 1.54) is 11.1 Å². The van der Waals surface area contributed by atoms with Gasteiger partial charge in [0, 0.05) is 0 Å². The van der Waals surface area contributed by atoms with Crippen molar-refractivity contribution in [1.82, 2.24) is 0 Å². The van der Waals surface area contributed by atoms with E-state index in [1.54, 1.807) is 0 Å². The van der Waals surface area contributed by atoms with Gasteiger partial charge in [-0.1, -0.05) is 39.0 Å². The van der Waals surface area contributed by atoms with E-state index in [9.17, 15) is 0 Å². The van der Waals surface area contributed by atoms with E-state index in [2.05, 4.69) is 32.0 Å². The van der Waals surface area contributed by atoms with Crippen molar-refractivity contribution >= 4 is 0 Å². The Labute approximate surface area is 98.6 Å². The van der Waals surface area contributed by atoms with Crippen molar-refractivity contribution in [1.29, 1.82) is 0 Å². The molecule has 0 N–H and O–H groups in total. The molecular formula is C14H22O2. The molecule has 1 saturated heterocycles. The Hall–Kier alpha value is -1.02. The van der Waals surface area contributed by atoms with Gasteiger partial charge in [0.25, 0.3) is 0 Å². The van der Waals surface area contributed by atoms with Crippen molar-refractivity contribution in [2.75, 3.05) is 13.2 Å². The summed E-state index contributed by atoms with van der Waals surface area (Å²) < 4.78 is 10.9. The van der Waals surface area contributed by atoms with Crippen LogP contribution in [0.25, 0.3) is 0 Å². The number of aryl methyl sites for hydroxylation is 2. The van der Waals surface area contributed by atoms with Crippen LogP contribution in [0.4, 0.5) is 0 Å². The third kappa shape index (κ3) is 3.53. The second kappa shape index (κ2) is 6.54. The smallest absolute Gasteiger partial charge is 0.125 e. The lowest BCUT2D eigenvalue weighted by Gasteiger charge is -2.11. The molecule has 0 saturated carbocycles. The van der Waals surface area contributed by atoms with Crippen LogP contribution in [0.15, 0.2) is 18.2 Å². The van der Waals surface area contributed by atoms with Gasteiger partial charge in [-0.15, -0.1) is 0 Å². The Morgan fingerprint density at radius 2 is 2.06 bits per heavy atom. The molecule has 1 unspecified atom stereocenters. The van der Waals surface area contributed by atoms with E-state index >= 15 is 0 Å². The van der Waals surface area contributed by atoms with Crippen LogP contribution in [0, 0.1) is 6.92 Å². The van der Waals surface area contributed by atoms with E-state index < -0.39 is 0 Å². The third-order valence-corrected chi connectivity index (χ3v) is 2.49. The summed E-state index contributed by atoms with van der Waals surface area (Å²) in [6.45, 7) is 9.78. The molecule has 0 bridgehead atoms. The van der Waals surface area contributed by atoms with Crippen molar-refractivity contribution < 1.29 is 9.47 Å². The summed E-state index contributed by atoms with van der Waals surface area (Å²) in [5.74, 6) is 1.05. The molecule has 0 spiro atoms. The lowest BCUT2D eigenvalue weighted by molar-refractivity contribution is 0.260. The van der Waals surface area contributed by atoms with Crippen molar-refractivity contribution in [3.8, 4) is 5.75 Å². The second-order valence-corrected chi connectivity index (χ2v) is 3.68. The Morgan fingerprint density at radius 3 is 2.62 bits per heavy atom. The fraction of sp³-hybridized carbons (Fsp3) is 0.571. The molecule has 1 fully saturated rings. The summed E-state index contributed by atoms with van der Waals surface area (Å²) in [6, 6.07) is 6.28. The summed E-state index contributed by atoms with van der Waals surface area (Å²) in [6.07, 6.45) is 1.35. The lowest BCUT2D eigenvalue weighted by Crippen LogP contribution is -2.06. The summed E-state index contributed by atoms with van der Waals surface area (Å²) in [5.41, 5.74) is 2.50. The van der Waals surface area contributed by atoms with Crippen molar-refractivity contribution in [3.63, 3.8) is 0 Å². The molecule has 1 aromatic rings. The van der Waals surface area contributed by atoms with Crippen LogP contribution in [0.1, 0.15) is 31.9 Å². The number of epoxide rings is 1. The van der Waals surface area contributed by atoms with Crippen LogP contribution in [0.3, 0.4) is 0 Å². The molecule has 1 heterocycles. The van der Waals surface area contributed by atoms with Crippen LogP contribution in [-0.4, -0.2) is 19.3 Å². The van der Waals surface area contributed by atoms with Gasteiger partial charge in [0.1, 0.15) is 18.5 Å². The van der Waals surface area contributed by atoms with Crippen LogP contribution in [0.5, 0.6) is 5.75 Å². The molecule has 16 heavy (non-hydrogen) atoms. The first-order valence-corrected chi connectivity index (χ1v) is 6.14. The van der Waals surface area contributed by atoms with Gasteiger partial charge in [0.05, 0.1) is 6.61 Å². The van der Waals surface area contributed by atoms with Crippen LogP contribution in [0.2, 0.25) is 0 Å². The van der Waals surface area contributed by atoms with Crippen LogP contribution >= 0.6 is 0 Å². The molecule has 2 nitrogen and oxygen atoms in total. The van der Waals surface area contributed by atoms with Gasteiger partial charge in [0.15, 0.2) is 0 Å². The van der Waals surface area contributed by atoms with E-state index in [0.717, 1.165) is 18.8 Å². The molecule has 2 rings (SSSR count). The van der Waals surface area contributed by atoms with Crippen molar-refractivity contribution in [3.05, 3.63) is 29.3 Å². The standard InChI is InChI=1S/C12H16O2.C2H6/c1-3-10-6-4-5-9(2)12(10)14-8-11-7-13-11;1-2/h4-6,11H,3,7-8H2,1-2H3;1-2H3. The number of hydrogen-bond acceptors (Lipinski definition) is 2. The summed E-state index contributed by atoms with van der Waals surface area (Å²) in [7, 11) is 0. The topological polar surface area (TPSA) is 21.8 Å². The molecule has 1 aromatic carbocycles. The largest absolute Gasteiger partial charge is 0.490 e. The first kappa shape index (κ1) is 13.0. The summed E-state index contributed by atoms with van der Waals surface area (Å²) >= 11 is 0. The quantitative estimate of drug-likeness (QED) is 0.729. The average molecular weight is 222 g/mol. The highest BCUT2D eigenvalue weighted by Gasteiger charge is 2.23. The maximum atomic E-state index is 5.76. The van der Waals surface area contributed by atoms with Crippen molar-refractivity contribution in [2.24, 2.45) is 0 Å². The Balaban J connectivity index is 0.000000606. The molecule has 1 aliphatic heterocycles. The highest BCUT2D eigenvalue weighted by molar-refractivity contribution is 5.40. The minimum atomic E-state index is 0.333. The van der Waals surface area contributed by atoms with Gasteiger partial charge in [-0.25, -0.2) is 0 Å². The monoisotopic (exact) mass is 222 g/mol. The van der Waals surface area contributed by atoms with Gasteiger partial charge < -0.3 is 9.47 Å². The normalized spacial score (nSPS) is 17.4. The summed E-state index contributed by atoms with van der Waals surface area (Å²) in [4.78, 5) is 0. The second-order valence-electron chi connectivity index (χ2n) is 3.68. The fourth-order valence-corrected chi connectivity index (χ4v) is 1.54. The molecule has 0 aromatic heterocycles. The first-order chi connectivity index (χ1) is 7.81. The minimum Gasteiger partial charge on any atom is -0.490 e. The van der Waals surface area contributed by atoms with Crippen LogP contribution < -0.4 is 4.74 Å². The molecule has 2 heteroatoms. The zero-order valence-corrected chi connectivity index (χ0v) is 10.7. The van der Waals surface area contributed by atoms with Crippen LogP contribution in [-0.2, 0) is 11.2 Å². The van der Waals surface area contributed by atoms with Gasteiger partial charge in [-0.2, -0.15) is 0 Å². The van der Waals surface area contributed by atoms with Gasteiger partial charge in [-0.3, -0.25) is 0 Å². The molecule has 1 aliphatic rings. The highest BCUT2D eigenvalue weighted by Crippen LogP contribution is 2.25. The third-order valence-electron chi connectivity index (χ3n) is 2.49. The van der Waals surface area contributed by atoms with Gasteiger partial charge in [0.2, 0.25) is 0 Å². The molecule has 0 aliphatic carbocycles. The maximum absolute atomic E-state index is 5.76. The number of rotatable bonds is 4. The molecule has 90 valence electrons. The number of benzene rings is 1. The lowest BCUT2D eigenvalue weighted by atomic mass is 10.1. The fourth-order valence-electron chi connectivity index (χ4n) is 1.54. The van der Waals surface area contributed by atoms with E-state index in [-0.39, 0.29) is 0 Å². The molecule has 0 radical (unpaired) electrons. The SMILES string of the molecule is CC.CCc1cccc(C)c1OCC1CO1. The Morgan fingerprint density at radius 1 is 1.38 bits per heavy atom. The average Bonchev–Trinajstić information content (AvgIpc) is 3.14. The molecule has 0 amide bonds. The first-order valence-electron chi connectivity index (χ1n) is 6.14. The van der Waals surface area contributed by atoms with Crippen molar-refractivity contribution in [2.45, 2.75) is 40.2 Å². The predicted molar refractivity (Wildman–Crippen MR) is 67.1 cm³/mol. The Bertz CT molecular complexity index is 317. The maximum Gasteiger partial charge on any atom is 0.125 e. The van der Waals surface area contributed by atoms with E-state index in [0.29, 0.717) is 12.7 Å². The number of ether oxygens (including phenoxy) is 2. The number of para-hydroxylation sites is 1. The minimum absolute atomic E-state index is 0.333. The zero-order valence-electron chi connectivity index (χ0n) is 10.7. The molecule has 1 atom stereocenters. The summed E-state index contributed by atoms with van der Waals surface area (Å²) in [5, 5.41) is 0. The predicted octanol–water partition coefficient (Wildman–Crippen LogP) is 3.36. The molecular weight excluding hydrogens is 200 g/mol. The van der Waals surface area contributed by atoms with E-state index in [1.807, 2.05) is 13.8 Å². The number of hydrogen-bond donors (Lipinski definition) is 0. The highest BCUT2D eigenvalue weighted by atomic mass is 16.6.